The SMILES string of the molecule is COc1ccccc1NC(=O)C1CCN(C(=O)c2cc(C)nc3c2nc2n3CCCCC2)CC1. The van der Waals surface area contributed by atoms with E-state index >= 15 is 0 Å². The van der Waals surface area contributed by atoms with E-state index in [2.05, 4.69) is 9.88 Å². The molecule has 2 aliphatic heterocycles. The van der Waals surface area contributed by atoms with E-state index in [0.29, 0.717) is 48.4 Å². The molecule has 178 valence electrons. The largest absolute Gasteiger partial charge is 0.495 e. The third-order valence-electron chi connectivity index (χ3n) is 6.94. The summed E-state index contributed by atoms with van der Waals surface area (Å²) in [7, 11) is 1.59. The van der Waals surface area contributed by atoms with E-state index in [1.807, 2.05) is 42.2 Å². The molecule has 34 heavy (non-hydrogen) atoms. The van der Waals surface area contributed by atoms with Crippen LogP contribution in [0.5, 0.6) is 5.75 Å². The fourth-order valence-corrected chi connectivity index (χ4v) is 5.08. The Morgan fingerprint density at radius 1 is 1.06 bits per heavy atom. The summed E-state index contributed by atoms with van der Waals surface area (Å²) in [6, 6.07) is 9.25. The minimum absolute atomic E-state index is 0.0210. The number of carbonyl (C=O) groups is 2. The molecule has 3 aromatic rings. The topological polar surface area (TPSA) is 89.3 Å². The number of anilines is 1. The summed E-state index contributed by atoms with van der Waals surface area (Å²) in [6.07, 6.45) is 5.61. The zero-order valence-corrected chi connectivity index (χ0v) is 19.8. The van der Waals surface area contributed by atoms with Gasteiger partial charge in [0.25, 0.3) is 5.91 Å². The number of amides is 2. The Kier molecular flexibility index (Phi) is 6.22. The van der Waals surface area contributed by atoms with Gasteiger partial charge in [-0.05, 0) is 50.8 Å². The highest BCUT2D eigenvalue weighted by Crippen LogP contribution is 2.28. The van der Waals surface area contributed by atoms with Crippen LogP contribution in [0, 0.1) is 12.8 Å². The second kappa shape index (κ2) is 9.44. The molecule has 8 heteroatoms. The van der Waals surface area contributed by atoms with Crippen molar-refractivity contribution >= 4 is 28.7 Å². The second-order valence-electron chi connectivity index (χ2n) is 9.23. The molecule has 2 amide bonds. The first-order chi connectivity index (χ1) is 16.5. The van der Waals surface area contributed by atoms with Gasteiger partial charge in [-0.15, -0.1) is 0 Å². The lowest BCUT2D eigenvalue weighted by Gasteiger charge is -2.31. The van der Waals surface area contributed by atoms with Crippen LogP contribution in [0.15, 0.2) is 30.3 Å². The number of aryl methyl sites for hydroxylation is 3. The fraction of sp³-hybridized carbons (Fsp3) is 0.462. The Hall–Kier alpha value is -3.42. The molecule has 4 heterocycles. The van der Waals surface area contributed by atoms with Crippen LogP contribution in [0.4, 0.5) is 5.69 Å². The Morgan fingerprint density at radius 3 is 2.65 bits per heavy atom. The molecule has 2 aliphatic rings. The van der Waals surface area contributed by atoms with Gasteiger partial charge in [-0.1, -0.05) is 18.6 Å². The Labute approximate surface area is 199 Å². The molecule has 5 rings (SSSR count). The number of hydrogen-bond donors (Lipinski definition) is 1. The second-order valence-corrected chi connectivity index (χ2v) is 9.23. The van der Waals surface area contributed by atoms with Crippen LogP contribution in [0.25, 0.3) is 11.2 Å². The molecule has 0 unspecified atom stereocenters. The minimum atomic E-state index is -0.142. The number of imidazole rings is 1. The third kappa shape index (κ3) is 4.24. The maximum atomic E-state index is 13.5. The van der Waals surface area contributed by atoms with E-state index in [-0.39, 0.29) is 17.7 Å². The van der Waals surface area contributed by atoms with Crippen LogP contribution in [0.3, 0.4) is 0 Å². The number of hydrogen-bond acceptors (Lipinski definition) is 5. The highest BCUT2D eigenvalue weighted by molar-refractivity contribution is 6.04. The molecule has 2 aromatic heterocycles. The van der Waals surface area contributed by atoms with Crippen LogP contribution in [-0.2, 0) is 17.8 Å². The number of aromatic nitrogens is 3. The number of carbonyl (C=O) groups excluding carboxylic acids is 2. The smallest absolute Gasteiger partial charge is 0.256 e. The van der Waals surface area contributed by atoms with E-state index in [4.69, 9.17) is 14.7 Å². The van der Waals surface area contributed by atoms with Crippen molar-refractivity contribution in [1.82, 2.24) is 19.4 Å². The van der Waals surface area contributed by atoms with Crippen molar-refractivity contribution in [3.63, 3.8) is 0 Å². The van der Waals surface area contributed by atoms with Gasteiger partial charge in [0.1, 0.15) is 17.1 Å². The van der Waals surface area contributed by atoms with Gasteiger partial charge in [-0.3, -0.25) is 9.59 Å². The number of pyridine rings is 1. The van der Waals surface area contributed by atoms with Gasteiger partial charge in [-0.25, -0.2) is 9.97 Å². The number of nitrogens with zero attached hydrogens (tertiary/aromatic N) is 4. The zero-order chi connectivity index (χ0) is 23.7. The van der Waals surface area contributed by atoms with Crippen molar-refractivity contribution in [2.24, 2.45) is 5.92 Å². The van der Waals surface area contributed by atoms with Gasteiger partial charge < -0.3 is 19.5 Å². The Balaban J connectivity index is 1.30. The van der Waals surface area contributed by atoms with Crippen molar-refractivity contribution in [3.8, 4) is 5.75 Å². The van der Waals surface area contributed by atoms with Crippen molar-refractivity contribution in [3.05, 3.63) is 47.4 Å². The number of likely N-dealkylation sites (tertiary alicyclic amines) is 1. The molecule has 0 aliphatic carbocycles. The molecular formula is C26H31N5O3. The van der Waals surface area contributed by atoms with Crippen LogP contribution in [0.1, 0.15) is 54.0 Å². The Bertz CT molecular complexity index is 1230. The lowest BCUT2D eigenvalue weighted by atomic mass is 9.95. The van der Waals surface area contributed by atoms with E-state index in [1.165, 1.54) is 6.42 Å². The molecule has 0 radical (unpaired) electrons. The van der Waals surface area contributed by atoms with Crippen molar-refractivity contribution in [1.29, 1.82) is 0 Å². The van der Waals surface area contributed by atoms with Crippen molar-refractivity contribution in [2.45, 2.75) is 52.0 Å². The first-order valence-corrected chi connectivity index (χ1v) is 12.1. The van der Waals surface area contributed by atoms with E-state index in [9.17, 15) is 9.59 Å². The first kappa shape index (κ1) is 22.4. The van der Waals surface area contributed by atoms with Gasteiger partial charge in [0.2, 0.25) is 5.91 Å². The highest BCUT2D eigenvalue weighted by Gasteiger charge is 2.30. The number of methoxy groups -OCH3 is 1. The van der Waals surface area contributed by atoms with Gasteiger partial charge in [0.15, 0.2) is 5.65 Å². The van der Waals surface area contributed by atoms with Crippen LogP contribution in [0.2, 0.25) is 0 Å². The lowest BCUT2D eigenvalue weighted by Crippen LogP contribution is -2.41. The summed E-state index contributed by atoms with van der Waals surface area (Å²) in [4.78, 5) is 37.8. The monoisotopic (exact) mass is 461 g/mol. The molecule has 0 bridgehead atoms. The zero-order valence-electron chi connectivity index (χ0n) is 19.8. The van der Waals surface area contributed by atoms with E-state index < -0.39 is 0 Å². The summed E-state index contributed by atoms with van der Waals surface area (Å²) in [5.41, 5.74) is 3.66. The van der Waals surface area contributed by atoms with Gasteiger partial charge >= 0.3 is 0 Å². The Morgan fingerprint density at radius 2 is 1.85 bits per heavy atom. The number of nitrogens with one attached hydrogen (secondary N) is 1. The van der Waals surface area contributed by atoms with E-state index in [0.717, 1.165) is 43.0 Å². The minimum Gasteiger partial charge on any atom is -0.495 e. The molecular weight excluding hydrogens is 430 g/mol. The predicted octanol–water partition coefficient (Wildman–Crippen LogP) is 3.97. The summed E-state index contributed by atoms with van der Waals surface area (Å²) in [5, 5.41) is 2.98. The third-order valence-corrected chi connectivity index (χ3v) is 6.94. The normalized spacial score (nSPS) is 16.7. The van der Waals surface area contributed by atoms with Crippen molar-refractivity contribution in [2.75, 3.05) is 25.5 Å². The maximum absolute atomic E-state index is 13.5. The van der Waals surface area contributed by atoms with E-state index in [1.54, 1.807) is 7.11 Å². The number of ether oxygens (including phenoxy) is 1. The number of benzene rings is 1. The average Bonchev–Trinajstić information content (AvgIpc) is 3.03. The first-order valence-electron chi connectivity index (χ1n) is 12.1. The standard InChI is InChI=1S/C26H31N5O3/c1-17-16-19(23-24(27-17)31-13-7-3-4-10-22(31)29-23)26(33)30-14-11-18(12-15-30)25(32)28-20-8-5-6-9-21(20)34-2/h5-6,8-9,16,18H,3-4,7,10-15H2,1-2H3,(H,28,32). The lowest BCUT2D eigenvalue weighted by molar-refractivity contribution is -0.121. The molecule has 1 aromatic carbocycles. The van der Waals surface area contributed by atoms with Gasteiger partial charge in [0, 0.05) is 37.7 Å². The summed E-state index contributed by atoms with van der Waals surface area (Å²) in [5.74, 6) is 1.48. The number of para-hydroxylation sites is 2. The maximum Gasteiger partial charge on any atom is 0.256 e. The van der Waals surface area contributed by atoms with Crippen LogP contribution in [-0.4, -0.2) is 51.4 Å². The molecule has 1 N–H and O–H groups in total. The molecule has 0 atom stereocenters. The number of fused-ring (bicyclic) bond motifs is 3. The van der Waals surface area contributed by atoms with Gasteiger partial charge in [0.05, 0.1) is 18.4 Å². The number of piperidine rings is 1. The summed E-state index contributed by atoms with van der Waals surface area (Å²) >= 11 is 0. The molecule has 8 nitrogen and oxygen atoms in total. The molecule has 0 spiro atoms. The molecule has 1 fully saturated rings. The van der Waals surface area contributed by atoms with Crippen LogP contribution < -0.4 is 10.1 Å². The van der Waals surface area contributed by atoms with Gasteiger partial charge in [-0.2, -0.15) is 0 Å². The molecule has 0 saturated carbocycles. The quantitative estimate of drug-likeness (QED) is 0.635. The predicted molar refractivity (Wildman–Crippen MR) is 130 cm³/mol. The summed E-state index contributed by atoms with van der Waals surface area (Å²) < 4.78 is 7.53. The van der Waals surface area contributed by atoms with Crippen molar-refractivity contribution < 1.29 is 14.3 Å². The number of rotatable bonds is 4. The van der Waals surface area contributed by atoms with Crippen LogP contribution >= 0.6 is 0 Å². The molecule has 1 saturated heterocycles. The highest BCUT2D eigenvalue weighted by atomic mass is 16.5. The average molecular weight is 462 g/mol. The summed E-state index contributed by atoms with van der Waals surface area (Å²) in [6.45, 7) is 3.92. The fourth-order valence-electron chi connectivity index (χ4n) is 5.08.